The zero-order valence-electron chi connectivity index (χ0n) is 7.30. The zero-order valence-corrected chi connectivity index (χ0v) is 9.45. The van der Waals surface area contributed by atoms with Crippen LogP contribution in [0.2, 0.25) is 0 Å². The first-order chi connectivity index (χ1) is 5.35. The average molecular weight is 285 g/mol. The SMILES string of the molecule is CC1(C)N(O)C(=O)O[C@]1(C)CI. The molecule has 1 atom stereocenters. The van der Waals surface area contributed by atoms with E-state index in [4.69, 9.17) is 4.74 Å². The van der Waals surface area contributed by atoms with Crippen LogP contribution < -0.4 is 0 Å². The van der Waals surface area contributed by atoms with E-state index in [-0.39, 0.29) is 0 Å². The second-order valence-corrected chi connectivity index (χ2v) is 4.37. The topological polar surface area (TPSA) is 49.8 Å². The molecule has 0 aromatic carbocycles. The van der Waals surface area contributed by atoms with Crippen LogP contribution in [0.5, 0.6) is 0 Å². The number of cyclic esters (lactones) is 1. The molecule has 1 fully saturated rings. The normalized spacial score (nSPS) is 33.8. The summed E-state index contributed by atoms with van der Waals surface area (Å²) in [6.07, 6.45) is -0.667. The lowest BCUT2D eigenvalue weighted by Gasteiger charge is -2.34. The number of nitrogens with zero attached hydrogens (tertiary/aromatic N) is 1. The fraction of sp³-hybridized carbons (Fsp3) is 0.857. The van der Waals surface area contributed by atoms with Crippen LogP contribution in [0.4, 0.5) is 4.79 Å². The summed E-state index contributed by atoms with van der Waals surface area (Å²) in [5.41, 5.74) is -1.27. The predicted molar refractivity (Wildman–Crippen MR) is 51.5 cm³/mol. The Bertz CT molecular complexity index is 216. The molecule has 0 aromatic rings. The summed E-state index contributed by atoms with van der Waals surface area (Å²) in [5, 5.41) is 10.0. The number of hydrogen-bond donors (Lipinski definition) is 1. The fourth-order valence-electron chi connectivity index (χ4n) is 1.00. The molecular formula is C7H12INO3. The third-order valence-corrected chi connectivity index (χ3v) is 4.02. The van der Waals surface area contributed by atoms with Gasteiger partial charge in [-0.2, -0.15) is 5.06 Å². The van der Waals surface area contributed by atoms with Crippen molar-refractivity contribution in [1.82, 2.24) is 5.06 Å². The second kappa shape index (κ2) is 2.73. The molecule has 1 saturated heterocycles. The summed E-state index contributed by atoms with van der Waals surface area (Å²) in [6.45, 7) is 5.36. The lowest BCUT2D eigenvalue weighted by atomic mass is 9.87. The van der Waals surface area contributed by atoms with E-state index >= 15 is 0 Å². The molecule has 5 heteroatoms. The van der Waals surface area contributed by atoms with Gasteiger partial charge in [-0.1, -0.05) is 22.6 Å². The molecule has 1 heterocycles. The quantitative estimate of drug-likeness (QED) is 0.454. The van der Waals surface area contributed by atoms with Gasteiger partial charge in [-0.25, -0.2) is 4.79 Å². The summed E-state index contributed by atoms with van der Waals surface area (Å²) in [6, 6.07) is 0. The first kappa shape index (κ1) is 10.0. The number of carbonyl (C=O) groups is 1. The maximum atomic E-state index is 11.0. The molecule has 0 aliphatic carbocycles. The number of hydrogen-bond acceptors (Lipinski definition) is 3. The summed E-state index contributed by atoms with van der Waals surface area (Å²) in [5.74, 6) is 0. The van der Waals surface area contributed by atoms with Gasteiger partial charge < -0.3 is 4.74 Å². The van der Waals surface area contributed by atoms with Crippen LogP contribution in [0.15, 0.2) is 0 Å². The Balaban J connectivity index is 3.02. The van der Waals surface area contributed by atoms with Crippen LogP contribution >= 0.6 is 22.6 Å². The zero-order chi connectivity index (χ0) is 9.57. The monoisotopic (exact) mass is 285 g/mol. The highest BCUT2D eigenvalue weighted by molar-refractivity contribution is 14.1. The molecule has 0 spiro atoms. The Morgan fingerprint density at radius 3 is 2.25 bits per heavy atom. The van der Waals surface area contributed by atoms with Crippen LogP contribution in [0, 0.1) is 0 Å². The Kier molecular flexibility index (Phi) is 2.28. The minimum Gasteiger partial charge on any atom is -0.438 e. The largest absolute Gasteiger partial charge is 0.438 e. The number of rotatable bonds is 1. The van der Waals surface area contributed by atoms with Crippen molar-refractivity contribution < 1.29 is 14.7 Å². The second-order valence-electron chi connectivity index (χ2n) is 3.60. The smallest absolute Gasteiger partial charge is 0.435 e. The first-order valence-electron chi connectivity index (χ1n) is 3.63. The minimum atomic E-state index is -0.667. The Hall–Kier alpha value is -0.0400. The summed E-state index contributed by atoms with van der Waals surface area (Å²) >= 11 is 2.14. The summed E-state index contributed by atoms with van der Waals surface area (Å²) < 4.78 is 5.71. The third kappa shape index (κ3) is 1.10. The van der Waals surface area contributed by atoms with Crippen LogP contribution in [-0.2, 0) is 4.74 Å². The molecule has 1 aliphatic rings. The predicted octanol–water partition coefficient (Wildman–Crippen LogP) is 1.80. The van der Waals surface area contributed by atoms with E-state index in [0.717, 1.165) is 0 Å². The van der Waals surface area contributed by atoms with Crippen molar-refractivity contribution in [3.05, 3.63) is 0 Å². The molecule has 4 nitrogen and oxygen atoms in total. The van der Waals surface area contributed by atoms with E-state index in [2.05, 4.69) is 22.6 Å². The van der Waals surface area contributed by atoms with Gasteiger partial charge in [0.15, 0.2) is 0 Å². The molecule has 1 aliphatic heterocycles. The molecular weight excluding hydrogens is 273 g/mol. The van der Waals surface area contributed by atoms with Gasteiger partial charge >= 0.3 is 6.09 Å². The van der Waals surface area contributed by atoms with E-state index < -0.39 is 17.2 Å². The molecule has 1 rings (SSSR count). The molecule has 1 N–H and O–H groups in total. The van der Waals surface area contributed by atoms with Crippen molar-refractivity contribution in [2.75, 3.05) is 4.43 Å². The van der Waals surface area contributed by atoms with Crippen LogP contribution in [-0.4, -0.2) is 31.9 Å². The Labute approximate surface area is 85.0 Å². The Morgan fingerprint density at radius 1 is 1.58 bits per heavy atom. The molecule has 12 heavy (non-hydrogen) atoms. The lowest BCUT2D eigenvalue weighted by molar-refractivity contribution is -0.109. The van der Waals surface area contributed by atoms with Gasteiger partial charge in [0.05, 0.1) is 0 Å². The summed E-state index contributed by atoms with van der Waals surface area (Å²) in [7, 11) is 0. The Morgan fingerprint density at radius 2 is 2.08 bits per heavy atom. The van der Waals surface area contributed by atoms with Gasteiger partial charge in [0, 0.05) is 4.43 Å². The number of alkyl halides is 1. The molecule has 1 amide bonds. The highest BCUT2D eigenvalue weighted by Crippen LogP contribution is 2.38. The van der Waals surface area contributed by atoms with Crippen LogP contribution in [0.1, 0.15) is 20.8 Å². The fourth-order valence-corrected chi connectivity index (χ4v) is 2.09. The van der Waals surface area contributed by atoms with Gasteiger partial charge in [-0.3, -0.25) is 5.21 Å². The molecule has 0 saturated carbocycles. The third-order valence-electron chi connectivity index (χ3n) is 2.56. The summed E-state index contributed by atoms with van der Waals surface area (Å²) in [4.78, 5) is 11.0. The molecule has 0 bridgehead atoms. The van der Waals surface area contributed by atoms with E-state index in [1.807, 2.05) is 6.92 Å². The number of hydroxylamine groups is 2. The standard InChI is InChI=1S/C7H12INO3/c1-6(2)7(3,4-8)12-5(10)9(6)11/h11H,4H2,1-3H3/t7-/m1/s1. The highest BCUT2D eigenvalue weighted by Gasteiger charge is 2.56. The number of halogens is 1. The average Bonchev–Trinajstić information content (AvgIpc) is 2.14. The van der Waals surface area contributed by atoms with Crippen molar-refractivity contribution in [2.45, 2.75) is 31.9 Å². The van der Waals surface area contributed by atoms with Gasteiger partial charge in [0.1, 0.15) is 11.1 Å². The number of amides is 1. The van der Waals surface area contributed by atoms with Gasteiger partial charge in [-0.05, 0) is 20.8 Å². The minimum absolute atomic E-state index is 0.612. The number of carbonyl (C=O) groups excluding carboxylic acids is 1. The number of ether oxygens (including phenoxy) is 1. The molecule has 0 radical (unpaired) electrons. The van der Waals surface area contributed by atoms with Crippen molar-refractivity contribution in [3.8, 4) is 0 Å². The van der Waals surface area contributed by atoms with Gasteiger partial charge in [0.2, 0.25) is 0 Å². The lowest BCUT2D eigenvalue weighted by Crippen LogP contribution is -2.52. The van der Waals surface area contributed by atoms with Crippen molar-refractivity contribution in [1.29, 1.82) is 0 Å². The molecule has 0 aromatic heterocycles. The maximum absolute atomic E-state index is 11.0. The van der Waals surface area contributed by atoms with E-state index in [0.29, 0.717) is 9.49 Å². The van der Waals surface area contributed by atoms with Crippen molar-refractivity contribution in [3.63, 3.8) is 0 Å². The van der Waals surface area contributed by atoms with E-state index in [1.54, 1.807) is 13.8 Å². The maximum Gasteiger partial charge on any atom is 0.435 e. The van der Waals surface area contributed by atoms with Crippen molar-refractivity contribution >= 4 is 28.7 Å². The van der Waals surface area contributed by atoms with Crippen molar-refractivity contribution in [2.24, 2.45) is 0 Å². The van der Waals surface area contributed by atoms with Crippen LogP contribution in [0.25, 0.3) is 0 Å². The highest BCUT2D eigenvalue weighted by atomic mass is 127. The van der Waals surface area contributed by atoms with Gasteiger partial charge in [0.25, 0.3) is 0 Å². The van der Waals surface area contributed by atoms with Gasteiger partial charge in [-0.15, -0.1) is 0 Å². The molecule has 70 valence electrons. The van der Waals surface area contributed by atoms with E-state index in [9.17, 15) is 10.0 Å². The molecule has 0 unspecified atom stereocenters. The van der Waals surface area contributed by atoms with E-state index in [1.165, 1.54) is 0 Å². The first-order valence-corrected chi connectivity index (χ1v) is 5.16. The van der Waals surface area contributed by atoms with Crippen LogP contribution in [0.3, 0.4) is 0 Å².